The summed E-state index contributed by atoms with van der Waals surface area (Å²) in [5.41, 5.74) is 0. The standard InChI is InChI=1S/C48H86NO8P/c1-6-8-10-12-14-16-18-20-22-24-26-28-30-32-34-36-38-40-47(50)54-44-46(45-56-58(52,53)55-43-42-49(3,4)5)57-48(51)41-39-37-35-33-31-29-27-25-23-21-19-17-15-13-11-9-7-2/h14,16,20-23,27,29,33,35,46H,6-13,15,17-19,24-26,28,30-32,34,36-45H2,1-5H3/b16-14-,22-20-,23-21-,29-27-,35-33-/t46-/m1/s1. The molecular formula is C48H86NO8P. The van der Waals surface area contributed by atoms with Gasteiger partial charge in [-0.25, -0.2) is 0 Å². The maximum absolute atomic E-state index is 12.7. The first kappa shape index (κ1) is 55.7. The van der Waals surface area contributed by atoms with Gasteiger partial charge in [-0.15, -0.1) is 0 Å². The molecule has 0 radical (unpaired) electrons. The zero-order valence-corrected chi connectivity index (χ0v) is 38.6. The number of likely N-dealkylation sites (N-methyl/N-ethyl adjacent to an activating group) is 1. The van der Waals surface area contributed by atoms with Gasteiger partial charge in [0.05, 0.1) is 27.7 Å². The van der Waals surface area contributed by atoms with Crippen LogP contribution in [0.15, 0.2) is 60.8 Å². The molecule has 10 heteroatoms. The Hall–Kier alpha value is -2.29. The number of esters is 2. The van der Waals surface area contributed by atoms with Crippen LogP contribution in [0.2, 0.25) is 0 Å². The fraction of sp³-hybridized carbons (Fsp3) is 0.750. The molecule has 0 aromatic rings. The summed E-state index contributed by atoms with van der Waals surface area (Å²) in [6.07, 6.45) is 48.2. The Morgan fingerprint density at radius 2 is 0.948 bits per heavy atom. The average molecular weight is 836 g/mol. The van der Waals surface area contributed by atoms with Gasteiger partial charge in [0.1, 0.15) is 19.8 Å². The molecule has 0 N–H and O–H groups in total. The van der Waals surface area contributed by atoms with Gasteiger partial charge in [-0.2, -0.15) is 0 Å². The van der Waals surface area contributed by atoms with Gasteiger partial charge in [0.2, 0.25) is 0 Å². The number of nitrogens with zero attached hydrogens (tertiary/aromatic N) is 1. The summed E-state index contributed by atoms with van der Waals surface area (Å²) in [4.78, 5) is 37.6. The Labute approximate surface area is 356 Å². The van der Waals surface area contributed by atoms with Crippen molar-refractivity contribution >= 4 is 19.8 Å². The van der Waals surface area contributed by atoms with Crippen LogP contribution in [-0.4, -0.2) is 70.0 Å². The Morgan fingerprint density at radius 1 is 0.534 bits per heavy atom. The lowest BCUT2D eigenvalue weighted by atomic mass is 10.1. The van der Waals surface area contributed by atoms with Crippen LogP contribution in [0.5, 0.6) is 0 Å². The summed E-state index contributed by atoms with van der Waals surface area (Å²) in [6, 6.07) is 0. The van der Waals surface area contributed by atoms with Gasteiger partial charge in [0, 0.05) is 12.8 Å². The number of hydrogen-bond donors (Lipinski definition) is 0. The molecule has 0 aliphatic heterocycles. The molecule has 58 heavy (non-hydrogen) atoms. The molecule has 2 atom stereocenters. The topological polar surface area (TPSA) is 111 Å². The molecule has 0 amide bonds. The second-order valence-corrected chi connectivity index (χ2v) is 17.8. The first-order valence-corrected chi connectivity index (χ1v) is 24.5. The molecule has 1 unspecified atom stereocenters. The van der Waals surface area contributed by atoms with Crippen LogP contribution in [0.1, 0.15) is 181 Å². The van der Waals surface area contributed by atoms with Crippen molar-refractivity contribution in [2.45, 2.75) is 187 Å². The van der Waals surface area contributed by atoms with Crippen LogP contribution >= 0.6 is 7.82 Å². The van der Waals surface area contributed by atoms with Crippen molar-refractivity contribution in [2.75, 3.05) is 47.5 Å². The first-order chi connectivity index (χ1) is 28.0. The van der Waals surface area contributed by atoms with Crippen molar-refractivity contribution in [2.24, 2.45) is 0 Å². The number of ether oxygens (including phenoxy) is 2. The molecule has 0 fully saturated rings. The predicted octanol–water partition coefficient (Wildman–Crippen LogP) is 12.6. The first-order valence-electron chi connectivity index (χ1n) is 23.0. The number of carbonyl (C=O) groups is 2. The smallest absolute Gasteiger partial charge is 0.306 e. The van der Waals surface area contributed by atoms with Gasteiger partial charge in [-0.3, -0.25) is 14.2 Å². The second kappa shape index (κ2) is 40.1. The van der Waals surface area contributed by atoms with Crippen molar-refractivity contribution in [3.63, 3.8) is 0 Å². The minimum Gasteiger partial charge on any atom is -0.756 e. The normalized spacial score (nSPS) is 14.1. The largest absolute Gasteiger partial charge is 0.756 e. The van der Waals surface area contributed by atoms with Gasteiger partial charge in [0.25, 0.3) is 7.82 Å². The summed E-state index contributed by atoms with van der Waals surface area (Å²) < 4.78 is 33.9. The summed E-state index contributed by atoms with van der Waals surface area (Å²) in [6.45, 7) is 4.12. The monoisotopic (exact) mass is 836 g/mol. The maximum Gasteiger partial charge on any atom is 0.306 e. The fourth-order valence-corrected chi connectivity index (χ4v) is 6.60. The highest BCUT2D eigenvalue weighted by molar-refractivity contribution is 7.45. The molecular weight excluding hydrogens is 750 g/mol. The van der Waals surface area contributed by atoms with E-state index in [1.165, 1.54) is 83.5 Å². The van der Waals surface area contributed by atoms with Crippen LogP contribution in [0.25, 0.3) is 0 Å². The Bertz CT molecular complexity index is 1170. The molecule has 9 nitrogen and oxygen atoms in total. The van der Waals surface area contributed by atoms with Crippen LogP contribution in [-0.2, 0) is 32.7 Å². The molecule has 336 valence electrons. The van der Waals surface area contributed by atoms with E-state index in [1.807, 2.05) is 27.2 Å². The molecule has 0 aliphatic rings. The van der Waals surface area contributed by atoms with Crippen molar-refractivity contribution in [3.8, 4) is 0 Å². The number of quaternary nitrogens is 1. The van der Waals surface area contributed by atoms with Gasteiger partial charge in [0.15, 0.2) is 6.10 Å². The van der Waals surface area contributed by atoms with E-state index in [2.05, 4.69) is 68.5 Å². The summed E-state index contributed by atoms with van der Waals surface area (Å²) in [7, 11) is 1.12. The third-order valence-electron chi connectivity index (χ3n) is 9.51. The molecule has 0 saturated heterocycles. The quantitative estimate of drug-likeness (QED) is 0.0197. The highest BCUT2D eigenvalue weighted by Gasteiger charge is 2.21. The number of hydrogen-bond acceptors (Lipinski definition) is 8. The number of unbranched alkanes of at least 4 members (excludes halogenated alkanes) is 17. The van der Waals surface area contributed by atoms with Crippen molar-refractivity contribution in [3.05, 3.63) is 60.8 Å². The van der Waals surface area contributed by atoms with E-state index in [9.17, 15) is 19.0 Å². The van der Waals surface area contributed by atoms with Gasteiger partial charge in [-0.05, 0) is 77.0 Å². The third-order valence-corrected chi connectivity index (χ3v) is 10.5. The van der Waals surface area contributed by atoms with Gasteiger partial charge < -0.3 is 27.9 Å². The molecule has 0 aromatic carbocycles. The third kappa shape index (κ3) is 43.3. The number of phosphoric acid groups is 1. The molecule has 0 saturated carbocycles. The SMILES string of the molecule is CCCCC/C=C\C/C=C\CCCCCCCCCC(=O)OC[C@H](COP(=O)([O-])OCC[N+](C)(C)C)OC(=O)CCC/C=C\C/C=C\C/C=C\CCCCCCCC. The zero-order chi connectivity index (χ0) is 42.8. The van der Waals surface area contributed by atoms with Crippen molar-refractivity contribution in [1.29, 1.82) is 0 Å². The molecule has 0 spiro atoms. The van der Waals surface area contributed by atoms with Crippen LogP contribution < -0.4 is 4.89 Å². The lowest BCUT2D eigenvalue weighted by molar-refractivity contribution is -0.870. The highest BCUT2D eigenvalue weighted by atomic mass is 31.2. The molecule has 0 aromatic heterocycles. The van der Waals surface area contributed by atoms with Crippen LogP contribution in [0.3, 0.4) is 0 Å². The molecule has 0 heterocycles. The summed E-state index contributed by atoms with van der Waals surface area (Å²) >= 11 is 0. The van der Waals surface area contributed by atoms with Crippen LogP contribution in [0.4, 0.5) is 0 Å². The second-order valence-electron chi connectivity index (χ2n) is 16.4. The number of allylic oxidation sites excluding steroid dienone is 10. The van der Waals surface area contributed by atoms with E-state index < -0.39 is 32.5 Å². The van der Waals surface area contributed by atoms with E-state index in [0.29, 0.717) is 30.3 Å². The zero-order valence-electron chi connectivity index (χ0n) is 37.7. The molecule has 0 aliphatic carbocycles. The minimum absolute atomic E-state index is 0.0436. The van der Waals surface area contributed by atoms with E-state index in [0.717, 1.165) is 51.4 Å². The van der Waals surface area contributed by atoms with E-state index in [-0.39, 0.29) is 26.1 Å². The van der Waals surface area contributed by atoms with Crippen molar-refractivity contribution < 1.29 is 42.1 Å². The average Bonchev–Trinajstić information content (AvgIpc) is 3.17. The van der Waals surface area contributed by atoms with Crippen molar-refractivity contribution in [1.82, 2.24) is 0 Å². The number of carbonyl (C=O) groups excluding carboxylic acids is 2. The fourth-order valence-electron chi connectivity index (χ4n) is 5.88. The predicted molar refractivity (Wildman–Crippen MR) is 240 cm³/mol. The Balaban J connectivity index is 4.44. The number of phosphoric ester groups is 1. The van der Waals surface area contributed by atoms with E-state index in [1.54, 1.807) is 0 Å². The summed E-state index contributed by atoms with van der Waals surface area (Å²) in [5, 5.41) is 0. The van der Waals surface area contributed by atoms with E-state index in [4.69, 9.17) is 18.5 Å². The van der Waals surface area contributed by atoms with E-state index >= 15 is 0 Å². The summed E-state index contributed by atoms with van der Waals surface area (Å²) in [5.74, 6) is -0.907. The minimum atomic E-state index is -4.64. The highest BCUT2D eigenvalue weighted by Crippen LogP contribution is 2.38. The van der Waals surface area contributed by atoms with Gasteiger partial charge in [-0.1, -0.05) is 152 Å². The van der Waals surface area contributed by atoms with Crippen LogP contribution in [0, 0.1) is 0 Å². The molecule has 0 bridgehead atoms. The lowest BCUT2D eigenvalue weighted by Gasteiger charge is -2.28. The molecule has 0 rings (SSSR count). The number of rotatable bonds is 41. The van der Waals surface area contributed by atoms with Gasteiger partial charge >= 0.3 is 11.9 Å². The Kier molecular flexibility index (Phi) is 38.5. The maximum atomic E-state index is 12.7. The lowest BCUT2D eigenvalue weighted by Crippen LogP contribution is -2.37. The Morgan fingerprint density at radius 3 is 1.47 bits per heavy atom.